The summed E-state index contributed by atoms with van der Waals surface area (Å²) >= 11 is 0. The molecule has 1 N–H and O–H groups in total. The summed E-state index contributed by atoms with van der Waals surface area (Å²) in [6.45, 7) is -0.0565. The zero-order valence-electron chi connectivity index (χ0n) is 8.65. The number of aromatic nitrogens is 5. The molecular formula is C9H8N6O2. The lowest BCUT2D eigenvalue weighted by Crippen LogP contribution is -2.20. The Bertz CT molecular complexity index is 523. The molecule has 86 valence electrons. The Balaban J connectivity index is 1.95. The first-order chi connectivity index (χ1) is 8.28. The minimum Gasteiger partial charge on any atom is -0.296 e. The number of rotatable bonds is 4. The number of anilines is 1. The van der Waals surface area contributed by atoms with Crippen LogP contribution in [0.5, 0.6) is 0 Å². The van der Waals surface area contributed by atoms with Crippen molar-refractivity contribution in [3.63, 3.8) is 0 Å². The summed E-state index contributed by atoms with van der Waals surface area (Å²) in [5, 5.41) is 9.61. The van der Waals surface area contributed by atoms with Crippen LogP contribution in [0.3, 0.4) is 0 Å². The van der Waals surface area contributed by atoms with E-state index in [4.69, 9.17) is 0 Å². The molecule has 2 rings (SSSR count). The molecule has 0 fully saturated rings. The van der Waals surface area contributed by atoms with Gasteiger partial charge in [0.15, 0.2) is 6.29 Å². The van der Waals surface area contributed by atoms with Crippen molar-refractivity contribution in [2.75, 3.05) is 5.32 Å². The summed E-state index contributed by atoms with van der Waals surface area (Å²) in [5.74, 6) is -0.133. The predicted octanol–water partition coefficient (Wildman–Crippen LogP) is -0.481. The lowest BCUT2D eigenvalue weighted by atomic mass is 10.5. The molecule has 0 aliphatic rings. The van der Waals surface area contributed by atoms with E-state index in [0.29, 0.717) is 6.29 Å². The van der Waals surface area contributed by atoms with Crippen molar-refractivity contribution >= 4 is 18.1 Å². The van der Waals surface area contributed by atoms with Crippen LogP contribution in [0.1, 0.15) is 10.5 Å². The second-order valence-electron chi connectivity index (χ2n) is 3.08. The lowest BCUT2D eigenvalue weighted by molar-refractivity contribution is -0.117. The van der Waals surface area contributed by atoms with E-state index in [1.807, 2.05) is 0 Å². The molecule has 0 saturated carbocycles. The number of carbonyl (C=O) groups is 2. The summed E-state index contributed by atoms with van der Waals surface area (Å²) in [6, 6.07) is 1.64. The van der Waals surface area contributed by atoms with Crippen molar-refractivity contribution in [3.05, 3.63) is 30.4 Å². The highest BCUT2D eigenvalue weighted by atomic mass is 16.2. The number of aldehydes is 1. The predicted molar refractivity (Wildman–Crippen MR) is 56.1 cm³/mol. The van der Waals surface area contributed by atoms with Crippen molar-refractivity contribution < 1.29 is 9.59 Å². The highest BCUT2D eigenvalue weighted by Crippen LogP contribution is 1.95. The fraction of sp³-hybridized carbons (Fsp3) is 0.111. The Labute approximate surface area is 95.7 Å². The summed E-state index contributed by atoms with van der Waals surface area (Å²) in [4.78, 5) is 29.5. The Morgan fingerprint density at radius 1 is 1.41 bits per heavy atom. The molecule has 0 bridgehead atoms. The fourth-order valence-corrected chi connectivity index (χ4v) is 1.12. The van der Waals surface area contributed by atoms with Gasteiger partial charge in [0.25, 0.3) is 0 Å². The summed E-state index contributed by atoms with van der Waals surface area (Å²) in [5.41, 5.74) is 0.175. The van der Waals surface area contributed by atoms with E-state index in [0.717, 1.165) is 0 Å². The molecule has 8 nitrogen and oxygen atoms in total. The average Bonchev–Trinajstić information content (AvgIpc) is 2.78. The Morgan fingerprint density at radius 3 is 2.82 bits per heavy atom. The van der Waals surface area contributed by atoms with E-state index in [-0.39, 0.29) is 24.1 Å². The number of hydrogen-bond donors (Lipinski definition) is 1. The number of nitrogens with one attached hydrogen (secondary N) is 1. The van der Waals surface area contributed by atoms with Gasteiger partial charge in [0.1, 0.15) is 12.2 Å². The molecule has 2 aromatic heterocycles. The third-order valence-corrected chi connectivity index (χ3v) is 1.80. The second-order valence-corrected chi connectivity index (χ2v) is 3.08. The van der Waals surface area contributed by atoms with Crippen LogP contribution < -0.4 is 5.32 Å². The average molecular weight is 232 g/mol. The van der Waals surface area contributed by atoms with Gasteiger partial charge < -0.3 is 0 Å². The van der Waals surface area contributed by atoms with Crippen molar-refractivity contribution in [2.45, 2.75) is 6.54 Å². The van der Waals surface area contributed by atoms with Crippen molar-refractivity contribution in [3.8, 4) is 0 Å². The molecule has 0 radical (unpaired) electrons. The van der Waals surface area contributed by atoms with Crippen LogP contribution in [-0.4, -0.2) is 37.2 Å². The topological polar surface area (TPSA) is 103 Å². The molecule has 0 unspecified atom stereocenters. The van der Waals surface area contributed by atoms with Gasteiger partial charge in [-0.15, -0.1) is 5.10 Å². The number of carbonyl (C=O) groups excluding carboxylic acids is 2. The summed E-state index contributed by atoms with van der Waals surface area (Å²) < 4.78 is 1.25. The van der Waals surface area contributed by atoms with Gasteiger partial charge in [-0.2, -0.15) is 0 Å². The van der Waals surface area contributed by atoms with Gasteiger partial charge in [0.05, 0.1) is 6.20 Å². The van der Waals surface area contributed by atoms with Gasteiger partial charge in [-0.25, -0.2) is 14.6 Å². The molecule has 0 atom stereocenters. The SMILES string of the molecule is O=Cc1cn(CC(=O)Nc2ncccn2)nn1. The van der Waals surface area contributed by atoms with Crippen LogP contribution in [0.15, 0.2) is 24.7 Å². The van der Waals surface area contributed by atoms with Gasteiger partial charge in [-0.1, -0.05) is 5.21 Å². The molecule has 0 spiro atoms. The lowest BCUT2D eigenvalue weighted by Gasteiger charge is -2.01. The largest absolute Gasteiger partial charge is 0.296 e. The van der Waals surface area contributed by atoms with E-state index >= 15 is 0 Å². The molecule has 0 aliphatic carbocycles. The van der Waals surface area contributed by atoms with E-state index < -0.39 is 0 Å². The fourth-order valence-electron chi connectivity index (χ4n) is 1.12. The minimum absolute atomic E-state index is 0.0565. The van der Waals surface area contributed by atoms with Gasteiger partial charge in [-0.05, 0) is 6.07 Å². The molecule has 8 heteroatoms. The maximum absolute atomic E-state index is 11.5. The minimum atomic E-state index is -0.349. The van der Waals surface area contributed by atoms with Crippen LogP contribution in [-0.2, 0) is 11.3 Å². The zero-order valence-corrected chi connectivity index (χ0v) is 8.65. The van der Waals surface area contributed by atoms with E-state index in [2.05, 4.69) is 25.6 Å². The number of nitrogens with zero attached hydrogens (tertiary/aromatic N) is 5. The van der Waals surface area contributed by atoms with Gasteiger partial charge >= 0.3 is 0 Å². The first-order valence-electron chi connectivity index (χ1n) is 4.70. The van der Waals surface area contributed by atoms with Crippen LogP contribution >= 0.6 is 0 Å². The second kappa shape index (κ2) is 4.92. The van der Waals surface area contributed by atoms with Gasteiger partial charge in [0, 0.05) is 12.4 Å². The third-order valence-electron chi connectivity index (χ3n) is 1.80. The molecule has 0 aromatic carbocycles. The first-order valence-corrected chi connectivity index (χ1v) is 4.70. The van der Waals surface area contributed by atoms with Crippen molar-refractivity contribution in [2.24, 2.45) is 0 Å². The third kappa shape index (κ3) is 2.91. The standard InChI is InChI=1S/C9H8N6O2/c16-6-7-4-15(14-13-7)5-8(17)12-9-10-2-1-3-11-9/h1-4,6H,5H2,(H,10,11,12,17). The highest BCUT2D eigenvalue weighted by Gasteiger charge is 2.06. The van der Waals surface area contributed by atoms with E-state index in [1.165, 1.54) is 23.3 Å². The molecule has 0 aliphatic heterocycles. The number of amides is 1. The van der Waals surface area contributed by atoms with Crippen LogP contribution in [0.4, 0.5) is 5.95 Å². The van der Waals surface area contributed by atoms with Crippen molar-refractivity contribution in [1.82, 2.24) is 25.0 Å². The van der Waals surface area contributed by atoms with E-state index in [9.17, 15) is 9.59 Å². The molecular weight excluding hydrogens is 224 g/mol. The normalized spacial score (nSPS) is 9.88. The van der Waals surface area contributed by atoms with E-state index in [1.54, 1.807) is 6.07 Å². The van der Waals surface area contributed by atoms with Gasteiger partial charge in [-0.3, -0.25) is 14.9 Å². The highest BCUT2D eigenvalue weighted by molar-refractivity contribution is 5.88. The number of hydrogen-bond acceptors (Lipinski definition) is 6. The van der Waals surface area contributed by atoms with Crippen LogP contribution in [0.25, 0.3) is 0 Å². The smallest absolute Gasteiger partial charge is 0.248 e. The Kier molecular flexibility index (Phi) is 3.15. The molecule has 1 amide bonds. The van der Waals surface area contributed by atoms with Crippen molar-refractivity contribution in [1.29, 1.82) is 0 Å². The monoisotopic (exact) mass is 232 g/mol. The Morgan fingerprint density at radius 2 is 2.18 bits per heavy atom. The van der Waals surface area contributed by atoms with Crippen LogP contribution in [0, 0.1) is 0 Å². The van der Waals surface area contributed by atoms with Gasteiger partial charge in [0.2, 0.25) is 11.9 Å². The molecule has 0 saturated heterocycles. The first kappa shape index (κ1) is 10.9. The molecule has 2 aromatic rings. The quantitative estimate of drug-likeness (QED) is 0.714. The van der Waals surface area contributed by atoms with Crippen LogP contribution in [0.2, 0.25) is 0 Å². The summed E-state index contributed by atoms with van der Waals surface area (Å²) in [6.07, 6.45) is 4.96. The maximum atomic E-state index is 11.5. The maximum Gasteiger partial charge on any atom is 0.248 e. The summed E-state index contributed by atoms with van der Waals surface area (Å²) in [7, 11) is 0. The molecule has 17 heavy (non-hydrogen) atoms. The Hall–Kier alpha value is -2.64. The zero-order chi connectivity index (χ0) is 12.1. The molecule has 2 heterocycles.